The molecule has 17 heavy (non-hydrogen) atoms. The van der Waals surface area contributed by atoms with Gasteiger partial charge in [-0.3, -0.25) is 9.69 Å². The first-order valence-electron chi connectivity index (χ1n) is 6.64. The van der Waals surface area contributed by atoms with Crippen molar-refractivity contribution < 1.29 is 4.79 Å². The van der Waals surface area contributed by atoms with Gasteiger partial charge in [0.05, 0.1) is 5.92 Å². The summed E-state index contributed by atoms with van der Waals surface area (Å²) in [5.41, 5.74) is 0. The van der Waals surface area contributed by atoms with Gasteiger partial charge in [0.2, 0.25) is 5.91 Å². The van der Waals surface area contributed by atoms with Crippen LogP contribution in [-0.4, -0.2) is 61.5 Å². The molecule has 2 heterocycles. The maximum absolute atomic E-state index is 12.3. The monoisotopic (exact) mass is 237 g/mol. The molecule has 2 fully saturated rings. The predicted molar refractivity (Wildman–Crippen MR) is 68.8 cm³/mol. The number of hydrogen-bond acceptors (Lipinski definition) is 3. The molecule has 96 valence electrons. The number of piperazine rings is 1. The Kier molecular flexibility index (Phi) is 4.57. The fourth-order valence-electron chi connectivity index (χ4n) is 2.65. The molecule has 2 aliphatic rings. The molecule has 0 aliphatic carbocycles. The zero-order chi connectivity index (χ0) is 12.1. The van der Waals surface area contributed by atoms with Crippen molar-refractivity contribution in [1.29, 1.82) is 0 Å². The maximum Gasteiger partial charge on any atom is 0.227 e. The average molecular weight is 237 g/mol. The first-order chi connectivity index (χ1) is 8.31. The summed E-state index contributed by atoms with van der Waals surface area (Å²) in [5.74, 6) is 0.574. The zero-order valence-corrected chi connectivity index (χ0v) is 10.5. The van der Waals surface area contributed by atoms with Gasteiger partial charge in [0.1, 0.15) is 0 Å². The summed E-state index contributed by atoms with van der Waals surface area (Å²) >= 11 is 0. The Bertz CT molecular complexity index is 266. The minimum Gasteiger partial charge on any atom is -0.340 e. The third-order valence-corrected chi connectivity index (χ3v) is 3.72. The summed E-state index contributed by atoms with van der Waals surface area (Å²) in [6, 6.07) is 0. The SMILES string of the molecule is C=CCN1CCN(C(=O)[C@@H]2CCCNC2)CC1. The summed E-state index contributed by atoms with van der Waals surface area (Å²) in [4.78, 5) is 16.6. The standard InChI is InChI=1S/C13H23N3O/c1-2-6-15-7-9-16(10-8-15)13(17)12-4-3-5-14-11-12/h2,12,14H,1,3-11H2/t12-/m1/s1. The maximum atomic E-state index is 12.3. The van der Waals surface area contributed by atoms with E-state index >= 15 is 0 Å². The molecule has 0 spiro atoms. The number of piperidine rings is 1. The van der Waals surface area contributed by atoms with Gasteiger partial charge in [-0.05, 0) is 19.4 Å². The molecular formula is C13H23N3O. The van der Waals surface area contributed by atoms with Crippen molar-refractivity contribution in [2.24, 2.45) is 5.92 Å². The highest BCUT2D eigenvalue weighted by atomic mass is 16.2. The quantitative estimate of drug-likeness (QED) is 0.718. The number of nitrogens with zero attached hydrogens (tertiary/aromatic N) is 2. The molecule has 1 atom stereocenters. The lowest BCUT2D eigenvalue weighted by molar-refractivity contribution is -0.137. The molecule has 2 rings (SSSR count). The first kappa shape index (κ1) is 12.6. The summed E-state index contributed by atoms with van der Waals surface area (Å²) in [7, 11) is 0. The highest BCUT2D eigenvalue weighted by Crippen LogP contribution is 2.14. The van der Waals surface area contributed by atoms with Gasteiger partial charge < -0.3 is 10.2 Å². The van der Waals surface area contributed by atoms with Crippen LogP contribution in [0.25, 0.3) is 0 Å². The van der Waals surface area contributed by atoms with Crippen molar-refractivity contribution in [3.05, 3.63) is 12.7 Å². The van der Waals surface area contributed by atoms with E-state index in [2.05, 4.69) is 16.8 Å². The molecule has 2 aliphatic heterocycles. The lowest BCUT2D eigenvalue weighted by Gasteiger charge is -2.36. The van der Waals surface area contributed by atoms with E-state index in [4.69, 9.17) is 0 Å². The van der Waals surface area contributed by atoms with Crippen molar-refractivity contribution in [2.45, 2.75) is 12.8 Å². The number of carbonyl (C=O) groups excluding carboxylic acids is 1. The second-order valence-electron chi connectivity index (χ2n) is 4.96. The van der Waals surface area contributed by atoms with Gasteiger partial charge in [-0.2, -0.15) is 0 Å². The third kappa shape index (κ3) is 3.30. The van der Waals surface area contributed by atoms with Crippen LogP contribution < -0.4 is 5.32 Å². The fourth-order valence-corrected chi connectivity index (χ4v) is 2.65. The molecule has 1 N–H and O–H groups in total. The van der Waals surface area contributed by atoms with Crippen molar-refractivity contribution in [3.63, 3.8) is 0 Å². The van der Waals surface area contributed by atoms with Gasteiger partial charge in [0.15, 0.2) is 0 Å². The predicted octanol–water partition coefficient (Wildman–Crippen LogP) is 0.316. The van der Waals surface area contributed by atoms with Crippen LogP contribution in [0.1, 0.15) is 12.8 Å². The molecule has 0 bridgehead atoms. The Morgan fingerprint density at radius 3 is 2.71 bits per heavy atom. The van der Waals surface area contributed by atoms with Gasteiger partial charge >= 0.3 is 0 Å². The zero-order valence-electron chi connectivity index (χ0n) is 10.5. The molecule has 4 heteroatoms. The van der Waals surface area contributed by atoms with Crippen LogP contribution in [0.5, 0.6) is 0 Å². The second-order valence-corrected chi connectivity index (χ2v) is 4.96. The normalized spacial score (nSPS) is 26.8. The van der Waals surface area contributed by atoms with Crippen molar-refractivity contribution in [1.82, 2.24) is 15.1 Å². The van der Waals surface area contributed by atoms with Crippen LogP contribution in [0.3, 0.4) is 0 Å². The molecular weight excluding hydrogens is 214 g/mol. The van der Waals surface area contributed by atoms with Crippen LogP contribution in [-0.2, 0) is 4.79 Å². The van der Waals surface area contributed by atoms with Crippen LogP contribution >= 0.6 is 0 Å². The highest BCUT2D eigenvalue weighted by Gasteiger charge is 2.27. The molecule has 1 amide bonds. The van der Waals surface area contributed by atoms with Crippen LogP contribution in [0.4, 0.5) is 0 Å². The second kappa shape index (κ2) is 6.17. The van der Waals surface area contributed by atoms with Gasteiger partial charge in [-0.15, -0.1) is 6.58 Å². The molecule has 0 aromatic carbocycles. The van der Waals surface area contributed by atoms with E-state index in [0.717, 1.165) is 58.7 Å². The molecule has 4 nitrogen and oxygen atoms in total. The van der Waals surface area contributed by atoms with Gasteiger partial charge in [-0.1, -0.05) is 6.08 Å². The molecule has 2 saturated heterocycles. The van der Waals surface area contributed by atoms with E-state index in [1.807, 2.05) is 11.0 Å². The smallest absolute Gasteiger partial charge is 0.227 e. The lowest BCUT2D eigenvalue weighted by atomic mass is 9.98. The Balaban J connectivity index is 1.79. The Labute approximate surface area is 104 Å². The lowest BCUT2D eigenvalue weighted by Crippen LogP contribution is -2.52. The minimum absolute atomic E-state index is 0.217. The van der Waals surface area contributed by atoms with E-state index in [1.54, 1.807) is 0 Å². The summed E-state index contributed by atoms with van der Waals surface area (Å²) < 4.78 is 0. The number of rotatable bonds is 3. The number of amides is 1. The van der Waals surface area contributed by atoms with E-state index in [0.29, 0.717) is 5.91 Å². The summed E-state index contributed by atoms with van der Waals surface area (Å²) in [6.07, 6.45) is 4.12. The Morgan fingerprint density at radius 2 is 2.12 bits per heavy atom. The van der Waals surface area contributed by atoms with Crippen molar-refractivity contribution in [3.8, 4) is 0 Å². The fraction of sp³-hybridized carbons (Fsp3) is 0.769. The van der Waals surface area contributed by atoms with Crippen LogP contribution in [0.2, 0.25) is 0 Å². The average Bonchev–Trinajstić information content (AvgIpc) is 2.40. The first-order valence-corrected chi connectivity index (χ1v) is 6.64. The topological polar surface area (TPSA) is 35.6 Å². The van der Waals surface area contributed by atoms with Crippen molar-refractivity contribution >= 4 is 5.91 Å². The van der Waals surface area contributed by atoms with Crippen LogP contribution in [0, 0.1) is 5.92 Å². The van der Waals surface area contributed by atoms with E-state index in [9.17, 15) is 4.79 Å². The number of nitrogens with one attached hydrogen (secondary N) is 1. The molecule has 0 aromatic heterocycles. The molecule has 0 unspecified atom stereocenters. The largest absolute Gasteiger partial charge is 0.340 e. The van der Waals surface area contributed by atoms with E-state index in [-0.39, 0.29) is 5.92 Å². The van der Waals surface area contributed by atoms with Gasteiger partial charge in [-0.25, -0.2) is 0 Å². The van der Waals surface area contributed by atoms with Crippen LogP contribution in [0.15, 0.2) is 12.7 Å². The van der Waals surface area contributed by atoms with E-state index in [1.165, 1.54) is 0 Å². The summed E-state index contributed by atoms with van der Waals surface area (Å²) in [6.45, 7) is 10.3. The van der Waals surface area contributed by atoms with E-state index < -0.39 is 0 Å². The minimum atomic E-state index is 0.217. The highest BCUT2D eigenvalue weighted by molar-refractivity contribution is 5.79. The van der Waals surface area contributed by atoms with Gasteiger partial charge in [0, 0.05) is 39.3 Å². The molecule has 0 aromatic rings. The number of carbonyl (C=O) groups is 1. The third-order valence-electron chi connectivity index (χ3n) is 3.72. The van der Waals surface area contributed by atoms with Gasteiger partial charge in [0.25, 0.3) is 0 Å². The summed E-state index contributed by atoms with van der Waals surface area (Å²) in [5, 5.41) is 3.31. The molecule has 0 saturated carbocycles. The Morgan fingerprint density at radius 1 is 1.35 bits per heavy atom. The molecule has 0 radical (unpaired) electrons. The Hall–Kier alpha value is -0.870. The van der Waals surface area contributed by atoms with Crippen molar-refractivity contribution in [2.75, 3.05) is 45.8 Å². The number of hydrogen-bond donors (Lipinski definition) is 1.